The third-order valence-corrected chi connectivity index (χ3v) is 1.49. The molecule has 4 heteroatoms. The van der Waals surface area contributed by atoms with Crippen molar-refractivity contribution in [1.82, 2.24) is 0 Å². The van der Waals surface area contributed by atoms with Gasteiger partial charge in [-0.2, -0.15) is 0 Å². The van der Waals surface area contributed by atoms with Crippen LogP contribution in [-0.4, -0.2) is 12.0 Å². The molecule has 0 aliphatic rings. The molecule has 0 radical (unpaired) electrons. The summed E-state index contributed by atoms with van der Waals surface area (Å²) in [6.45, 7) is 1.58. The third-order valence-electron chi connectivity index (χ3n) is 1.49. The highest BCUT2D eigenvalue weighted by Gasteiger charge is 1.98. The van der Waals surface area contributed by atoms with Crippen molar-refractivity contribution in [2.75, 3.05) is 0 Å². The first-order valence-electron chi connectivity index (χ1n) is 4.03. The summed E-state index contributed by atoms with van der Waals surface area (Å²) in [5.41, 5.74) is 0.798. The normalized spacial score (nSPS) is 8.93. The van der Waals surface area contributed by atoms with Crippen molar-refractivity contribution in [3.63, 3.8) is 0 Å². The molecule has 0 amide bonds. The molecule has 0 atom stereocenters. The van der Waals surface area contributed by atoms with Gasteiger partial charge in [0.15, 0.2) is 0 Å². The third kappa shape index (κ3) is 3.21. The second kappa shape index (κ2) is 4.94. The van der Waals surface area contributed by atoms with Crippen molar-refractivity contribution in [3.8, 4) is 5.75 Å². The minimum atomic E-state index is -0.374. The lowest BCUT2D eigenvalue weighted by atomic mass is 10.2. The summed E-state index contributed by atoms with van der Waals surface area (Å²) in [4.78, 5) is 23.9. The molecule has 0 fully saturated rings. The molecule has 4 nitrogen and oxygen atoms in total. The molecule has 1 aromatic rings. The minimum Gasteiger partial charge on any atom is -0.427 e. The van der Waals surface area contributed by atoms with E-state index < -0.39 is 0 Å². The quantitative estimate of drug-likeness (QED) is 0.314. The lowest BCUT2D eigenvalue weighted by molar-refractivity contribution is -0.131. The van der Waals surface area contributed by atoms with Gasteiger partial charge in [-0.15, -0.1) is 0 Å². The zero-order chi connectivity index (χ0) is 10.4. The number of isocyanates is 1. The van der Waals surface area contributed by atoms with E-state index in [-0.39, 0.29) is 12.5 Å². The van der Waals surface area contributed by atoms with Crippen molar-refractivity contribution in [2.45, 2.75) is 13.5 Å². The largest absolute Gasteiger partial charge is 0.427 e. The zero-order valence-corrected chi connectivity index (χ0v) is 7.69. The number of aliphatic imine (C=N–C) groups is 1. The smallest absolute Gasteiger partial charge is 0.308 e. The minimum absolute atomic E-state index is 0.249. The molecule has 0 spiro atoms. The first-order chi connectivity index (χ1) is 6.72. The van der Waals surface area contributed by atoms with Crippen LogP contribution in [0, 0.1) is 0 Å². The van der Waals surface area contributed by atoms with Gasteiger partial charge in [0.25, 0.3) is 0 Å². The van der Waals surface area contributed by atoms with Gasteiger partial charge in [-0.05, 0) is 17.7 Å². The molecule has 1 aromatic carbocycles. The molecular weight excluding hydrogens is 182 g/mol. The molecule has 0 bridgehead atoms. The highest BCUT2D eigenvalue weighted by Crippen LogP contribution is 2.13. The molecule has 72 valence electrons. The van der Waals surface area contributed by atoms with E-state index in [0.717, 1.165) is 5.56 Å². The molecule has 14 heavy (non-hydrogen) atoms. The van der Waals surface area contributed by atoms with E-state index in [1.807, 2.05) is 0 Å². The summed E-state index contributed by atoms with van der Waals surface area (Å²) in [5, 5.41) is 0. The van der Waals surface area contributed by atoms with Crippen molar-refractivity contribution < 1.29 is 14.3 Å². The van der Waals surface area contributed by atoms with Crippen LogP contribution in [0.1, 0.15) is 12.5 Å². The van der Waals surface area contributed by atoms with Gasteiger partial charge in [0, 0.05) is 6.92 Å². The average Bonchev–Trinajstić information content (AvgIpc) is 2.14. The van der Waals surface area contributed by atoms with Crippen molar-refractivity contribution in [1.29, 1.82) is 0 Å². The summed E-state index contributed by atoms with van der Waals surface area (Å²) in [6, 6.07) is 6.83. The Balaban J connectivity index is 2.78. The second-order valence-electron chi connectivity index (χ2n) is 2.65. The predicted octanol–water partition coefficient (Wildman–Crippen LogP) is 1.45. The van der Waals surface area contributed by atoms with E-state index in [4.69, 9.17) is 4.74 Å². The Morgan fingerprint density at radius 2 is 2.36 bits per heavy atom. The predicted molar refractivity (Wildman–Crippen MR) is 49.6 cm³/mol. The monoisotopic (exact) mass is 191 g/mol. The summed E-state index contributed by atoms with van der Waals surface area (Å²) in [5.74, 6) is 0.0807. The molecule has 0 saturated heterocycles. The van der Waals surface area contributed by atoms with Gasteiger partial charge < -0.3 is 4.74 Å². The highest BCUT2D eigenvalue weighted by molar-refractivity contribution is 5.69. The van der Waals surface area contributed by atoms with Crippen LogP contribution in [0.5, 0.6) is 5.75 Å². The Kier molecular flexibility index (Phi) is 3.58. The van der Waals surface area contributed by atoms with Gasteiger partial charge >= 0.3 is 5.97 Å². The SMILES string of the molecule is CC(=O)Oc1cccc(CN=C=O)c1. The van der Waals surface area contributed by atoms with Crippen LogP contribution in [0.3, 0.4) is 0 Å². The van der Waals surface area contributed by atoms with Crippen molar-refractivity contribution in [3.05, 3.63) is 29.8 Å². The number of rotatable bonds is 3. The van der Waals surface area contributed by atoms with Gasteiger partial charge in [0.05, 0.1) is 6.54 Å². The maximum atomic E-state index is 10.6. The first-order valence-corrected chi connectivity index (χ1v) is 4.03. The summed E-state index contributed by atoms with van der Waals surface area (Å²) < 4.78 is 4.86. The van der Waals surface area contributed by atoms with Crippen LogP contribution >= 0.6 is 0 Å². The van der Waals surface area contributed by atoms with Crippen LogP contribution in [0.4, 0.5) is 0 Å². The van der Waals surface area contributed by atoms with Gasteiger partial charge in [-0.25, -0.2) is 9.79 Å². The van der Waals surface area contributed by atoms with Gasteiger partial charge in [-0.1, -0.05) is 12.1 Å². The fourth-order valence-electron chi connectivity index (χ4n) is 0.997. The van der Waals surface area contributed by atoms with Crippen molar-refractivity contribution >= 4 is 12.0 Å². The molecule has 0 aliphatic carbocycles. The Morgan fingerprint density at radius 3 is 3.00 bits per heavy atom. The zero-order valence-electron chi connectivity index (χ0n) is 7.69. The molecule has 0 saturated carbocycles. The number of carbonyl (C=O) groups is 1. The second-order valence-corrected chi connectivity index (χ2v) is 2.65. The number of esters is 1. The van der Waals surface area contributed by atoms with E-state index in [2.05, 4.69) is 4.99 Å². The van der Waals surface area contributed by atoms with E-state index >= 15 is 0 Å². The highest BCUT2D eigenvalue weighted by atomic mass is 16.5. The Bertz CT molecular complexity index is 361. The summed E-state index contributed by atoms with van der Waals surface area (Å²) in [6.07, 6.45) is 1.44. The van der Waals surface area contributed by atoms with Gasteiger partial charge in [0.1, 0.15) is 5.75 Å². The lowest BCUT2D eigenvalue weighted by Gasteiger charge is -2.01. The standard InChI is InChI=1S/C10H9NO3/c1-8(13)14-10-4-2-3-9(5-10)6-11-7-12/h2-5H,6H2,1H3. The first kappa shape index (κ1) is 10.2. The maximum absolute atomic E-state index is 10.6. The number of benzene rings is 1. The van der Waals surface area contributed by atoms with E-state index in [1.165, 1.54) is 13.0 Å². The summed E-state index contributed by atoms with van der Waals surface area (Å²) in [7, 11) is 0. The molecule has 0 aromatic heterocycles. The molecule has 0 unspecified atom stereocenters. The number of ether oxygens (including phenoxy) is 1. The Hall–Kier alpha value is -1.93. The maximum Gasteiger partial charge on any atom is 0.308 e. The fourth-order valence-corrected chi connectivity index (χ4v) is 0.997. The number of carbonyl (C=O) groups excluding carboxylic acids is 2. The number of hydrogen-bond acceptors (Lipinski definition) is 4. The van der Waals surface area contributed by atoms with Crippen LogP contribution < -0.4 is 4.74 Å². The number of nitrogens with zero attached hydrogens (tertiary/aromatic N) is 1. The van der Waals surface area contributed by atoms with E-state index in [0.29, 0.717) is 5.75 Å². The Morgan fingerprint density at radius 1 is 1.57 bits per heavy atom. The van der Waals surface area contributed by atoms with Crippen LogP contribution in [0.2, 0.25) is 0 Å². The molecule has 0 heterocycles. The summed E-state index contributed by atoms with van der Waals surface area (Å²) >= 11 is 0. The topological polar surface area (TPSA) is 55.7 Å². The Labute approximate surface area is 81.2 Å². The average molecular weight is 191 g/mol. The van der Waals surface area contributed by atoms with Crippen molar-refractivity contribution in [2.24, 2.45) is 4.99 Å². The number of hydrogen-bond donors (Lipinski definition) is 0. The molecule has 1 rings (SSSR count). The van der Waals surface area contributed by atoms with E-state index in [9.17, 15) is 9.59 Å². The molecule has 0 N–H and O–H groups in total. The van der Waals surface area contributed by atoms with Gasteiger partial charge in [-0.3, -0.25) is 4.79 Å². The van der Waals surface area contributed by atoms with Crippen LogP contribution in [-0.2, 0) is 16.1 Å². The lowest BCUT2D eigenvalue weighted by Crippen LogP contribution is -2.01. The fraction of sp³-hybridized carbons (Fsp3) is 0.200. The van der Waals surface area contributed by atoms with E-state index in [1.54, 1.807) is 24.3 Å². The van der Waals surface area contributed by atoms with Crippen LogP contribution in [0.25, 0.3) is 0 Å². The van der Waals surface area contributed by atoms with Crippen LogP contribution in [0.15, 0.2) is 29.3 Å². The molecule has 0 aliphatic heterocycles. The molecular formula is C10H9NO3. The van der Waals surface area contributed by atoms with Gasteiger partial charge in [0.2, 0.25) is 6.08 Å².